The molecule has 0 spiro atoms. The third-order valence-electron chi connectivity index (χ3n) is 5.14. The quantitative estimate of drug-likeness (QED) is 0.804. The average molecular weight is 405 g/mol. The Morgan fingerprint density at radius 3 is 2.32 bits per heavy atom. The molecule has 1 aliphatic heterocycles. The van der Waals surface area contributed by atoms with Gasteiger partial charge in [0.2, 0.25) is 15.9 Å². The number of hydrogen-bond acceptors (Lipinski definition) is 3. The molecule has 5 nitrogen and oxygen atoms in total. The molecule has 7 heteroatoms. The lowest BCUT2D eigenvalue weighted by Gasteiger charge is -2.31. The van der Waals surface area contributed by atoms with Crippen molar-refractivity contribution in [2.75, 3.05) is 13.1 Å². The van der Waals surface area contributed by atoms with E-state index < -0.39 is 15.8 Å². The SMILES string of the molecule is C[C@@H](NC(=O)C1CCN(S(=O)(=O)Cc2ccc(F)cc2)CC1)c1ccccc1. The Labute approximate surface area is 165 Å². The summed E-state index contributed by atoms with van der Waals surface area (Å²) < 4.78 is 39.6. The Hall–Kier alpha value is -2.25. The van der Waals surface area contributed by atoms with Crippen LogP contribution in [0, 0.1) is 11.7 Å². The van der Waals surface area contributed by atoms with Crippen molar-refractivity contribution in [2.24, 2.45) is 5.92 Å². The van der Waals surface area contributed by atoms with Crippen LogP contribution < -0.4 is 5.32 Å². The lowest BCUT2D eigenvalue weighted by atomic mass is 9.96. The van der Waals surface area contributed by atoms with Gasteiger partial charge in [-0.3, -0.25) is 4.79 Å². The summed E-state index contributed by atoms with van der Waals surface area (Å²) in [5.41, 5.74) is 1.59. The van der Waals surface area contributed by atoms with Crippen LogP contribution in [0.15, 0.2) is 54.6 Å². The summed E-state index contributed by atoms with van der Waals surface area (Å²) in [6.07, 6.45) is 0.992. The van der Waals surface area contributed by atoms with Crippen molar-refractivity contribution in [1.82, 2.24) is 9.62 Å². The third-order valence-corrected chi connectivity index (χ3v) is 6.99. The number of hydrogen-bond donors (Lipinski definition) is 1. The molecule has 3 rings (SSSR count). The van der Waals surface area contributed by atoms with Gasteiger partial charge in [0.25, 0.3) is 0 Å². The Kier molecular flexibility index (Phi) is 6.46. The van der Waals surface area contributed by atoms with Crippen LogP contribution in [0.3, 0.4) is 0 Å². The zero-order valence-electron chi connectivity index (χ0n) is 15.8. The fraction of sp³-hybridized carbons (Fsp3) is 0.381. The van der Waals surface area contributed by atoms with E-state index in [2.05, 4.69) is 5.32 Å². The second-order valence-electron chi connectivity index (χ2n) is 7.20. The molecule has 1 amide bonds. The van der Waals surface area contributed by atoms with Gasteiger partial charge in [-0.1, -0.05) is 42.5 Å². The summed E-state index contributed by atoms with van der Waals surface area (Å²) >= 11 is 0. The maximum absolute atomic E-state index is 13.0. The first-order valence-corrected chi connectivity index (χ1v) is 11.0. The standard InChI is InChI=1S/C21H25FN2O3S/c1-16(18-5-3-2-4-6-18)23-21(25)19-11-13-24(14-12-19)28(26,27)15-17-7-9-20(22)10-8-17/h2-10,16,19H,11-15H2,1H3,(H,23,25)/t16-/m1/s1. The first-order chi connectivity index (χ1) is 13.3. The molecule has 2 aromatic rings. The summed E-state index contributed by atoms with van der Waals surface area (Å²) in [4.78, 5) is 12.5. The molecule has 28 heavy (non-hydrogen) atoms. The van der Waals surface area contributed by atoms with Crippen molar-refractivity contribution >= 4 is 15.9 Å². The Bertz CT molecular complexity index is 893. The van der Waals surface area contributed by atoms with Gasteiger partial charge in [-0.15, -0.1) is 0 Å². The zero-order chi connectivity index (χ0) is 20.1. The highest BCUT2D eigenvalue weighted by atomic mass is 32.2. The number of nitrogens with zero attached hydrogens (tertiary/aromatic N) is 1. The predicted octanol–water partition coefficient (Wildman–Crippen LogP) is 3.24. The Morgan fingerprint density at radius 2 is 1.71 bits per heavy atom. The first-order valence-electron chi connectivity index (χ1n) is 9.43. The molecule has 0 saturated carbocycles. The molecule has 1 N–H and O–H groups in total. The monoisotopic (exact) mass is 404 g/mol. The van der Waals surface area contributed by atoms with Crippen LogP contribution in [-0.4, -0.2) is 31.7 Å². The number of amides is 1. The van der Waals surface area contributed by atoms with E-state index in [1.807, 2.05) is 37.3 Å². The molecular weight excluding hydrogens is 379 g/mol. The van der Waals surface area contributed by atoms with Crippen LogP contribution in [0.2, 0.25) is 0 Å². The number of rotatable bonds is 6. The molecule has 150 valence electrons. The van der Waals surface area contributed by atoms with Crippen LogP contribution >= 0.6 is 0 Å². The molecule has 0 unspecified atom stereocenters. The van der Waals surface area contributed by atoms with Crippen LogP contribution in [0.25, 0.3) is 0 Å². The minimum Gasteiger partial charge on any atom is -0.349 e. The molecule has 2 aromatic carbocycles. The minimum absolute atomic E-state index is 0.0352. The lowest BCUT2D eigenvalue weighted by Crippen LogP contribution is -2.43. The number of nitrogens with one attached hydrogen (secondary N) is 1. The van der Waals surface area contributed by atoms with E-state index in [-0.39, 0.29) is 23.6 Å². The highest BCUT2D eigenvalue weighted by molar-refractivity contribution is 7.88. The number of benzene rings is 2. The molecular formula is C21H25FN2O3S. The van der Waals surface area contributed by atoms with Gasteiger partial charge in [0, 0.05) is 19.0 Å². The normalized spacial score (nSPS) is 17.2. The third kappa shape index (κ3) is 5.17. The highest BCUT2D eigenvalue weighted by Gasteiger charge is 2.31. The molecule has 1 atom stereocenters. The largest absolute Gasteiger partial charge is 0.349 e. The van der Waals surface area contributed by atoms with Crippen LogP contribution in [0.1, 0.15) is 36.9 Å². The van der Waals surface area contributed by atoms with E-state index in [0.717, 1.165) is 5.56 Å². The number of sulfonamides is 1. The predicted molar refractivity (Wildman–Crippen MR) is 106 cm³/mol. The van der Waals surface area contributed by atoms with Gasteiger partial charge in [0.15, 0.2) is 0 Å². The van der Waals surface area contributed by atoms with Crippen LogP contribution in [0.5, 0.6) is 0 Å². The maximum Gasteiger partial charge on any atom is 0.223 e. The van der Waals surface area contributed by atoms with E-state index in [1.165, 1.54) is 28.6 Å². The van der Waals surface area contributed by atoms with E-state index in [0.29, 0.717) is 31.5 Å². The lowest BCUT2D eigenvalue weighted by molar-refractivity contribution is -0.126. The van der Waals surface area contributed by atoms with E-state index in [1.54, 1.807) is 0 Å². The maximum atomic E-state index is 13.0. The van der Waals surface area contributed by atoms with E-state index in [4.69, 9.17) is 0 Å². The van der Waals surface area contributed by atoms with Crippen LogP contribution in [-0.2, 0) is 20.6 Å². The summed E-state index contributed by atoms with van der Waals surface area (Å²) in [6, 6.07) is 15.1. The number of piperidine rings is 1. The smallest absolute Gasteiger partial charge is 0.223 e. The Morgan fingerprint density at radius 1 is 1.11 bits per heavy atom. The zero-order valence-corrected chi connectivity index (χ0v) is 16.7. The van der Waals surface area contributed by atoms with Crippen molar-refractivity contribution < 1.29 is 17.6 Å². The van der Waals surface area contributed by atoms with Gasteiger partial charge in [-0.05, 0) is 43.0 Å². The second kappa shape index (κ2) is 8.84. The average Bonchev–Trinajstić information content (AvgIpc) is 2.70. The fourth-order valence-electron chi connectivity index (χ4n) is 3.43. The van der Waals surface area contributed by atoms with Gasteiger partial charge in [-0.25, -0.2) is 17.1 Å². The number of carbonyl (C=O) groups excluding carboxylic acids is 1. The fourth-order valence-corrected chi connectivity index (χ4v) is 5.00. The summed E-state index contributed by atoms with van der Waals surface area (Å²) in [5, 5.41) is 3.02. The van der Waals surface area contributed by atoms with Gasteiger partial charge >= 0.3 is 0 Å². The van der Waals surface area contributed by atoms with Crippen molar-refractivity contribution in [1.29, 1.82) is 0 Å². The molecule has 1 fully saturated rings. The molecule has 0 aromatic heterocycles. The van der Waals surface area contributed by atoms with E-state index >= 15 is 0 Å². The second-order valence-corrected chi connectivity index (χ2v) is 9.17. The minimum atomic E-state index is -3.49. The van der Waals surface area contributed by atoms with E-state index in [9.17, 15) is 17.6 Å². The highest BCUT2D eigenvalue weighted by Crippen LogP contribution is 2.23. The molecule has 1 heterocycles. The van der Waals surface area contributed by atoms with Gasteiger partial charge < -0.3 is 5.32 Å². The molecule has 1 saturated heterocycles. The first kappa shape index (κ1) is 20.5. The van der Waals surface area contributed by atoms with Crippen molar-refractivity contribution in [3.05, 3.63) is 71.5 Å². The molecule has 1 aliphatic rings. The molecule has 0 aliphatic carbocycles. The molecule has 0 bridgehead atoms. The topological polar surface area (TPSA) is 66.5 Å². The van der Waals surface area contributed by atoms with Crippen molar-refractivity contribution in [3.63, 3.8) is 0 Å². The van der Waals surface area contributed by atoms with Crippen molar-refractivity contribution in [2.45, 2.75) is 31.6 Å². The van der Waals surface area contributed by atoms with Gasteiger partial charge in [0.05, 0.1) is 11.8 Å². The summed E-state index contributed by atoms with van der Waals surface area (Å²) in [6.45, 7) is 2.58. The van der Waals surface area contributed by atoms with Crippen molar-refractivity contribution in [3.8, 4) is 0 Å². The summed E-state index contributed by atoms with van der Waals surface area (Å²) in [7, 11) is -3.49. The van der Waals surface area contributed by atoms with Gasteiger partial charge in [-0.2, -0.15) is 0 Å². The number of halogens is 1. The summed E-state index contributed by atoms with van der Waals surface area (Å²) in [5.74, 6) is -0.775. The van der Waals surface area contributed by atoms with Crippen LogP contribution in [0.4, 0.5) is 4.39 Å². The Balaban J connectivity index is 1.53. The number of carbonyl (C=O) groups is 1. The molecule has 0 radical (unpaired) electrons. The van der Waals surface area contributed by atoms with Gasteiger partial charge in [0.1, 0.15) is 5.82 Å².